The van der Waals surface area contributed by atoms with Crippen molar-refractivity contribution < 1.29 is 70.8 Å². The van der Waals surface area contributed by atoms with Crippen molar-refractivity contribution in [1.29, 1.82) is 0 Å². The molecule has 6 heteroatoms. The normalized spacial score (nSPS) is 25.2. The zero-order valence-corrected chi connectivity index (χ0v) is 24.8. The van der Waals surface area contributed by atoms with Crippen molar-refractivity contribution in [3.8, 4) is 5.75 Å². The molecule has 0 fully saturated rings. The Morgan fingerprint density at radius 1 is 0.939 bits per heavy atom. The fourth-order valence-corrected chi connectivity index (χ4v) is 6.25. The van der Waals surface area contributed by atoms with Gasteiger partial charge in [-0.15, -0.1) is 0 Å². The molecule has 0 radical (unpaired) electrons. The van der Waals surface area contributed by atoms with Crippen molar-refractivity contribution in [3.63, 3.8) is 0 Å². The summed E-state index contributed by atoms with van der Waals surface area (Å²) in [7, 11) is 1.63. The Bertz CT molecular complexity index is 1000. The molecule has 2 aliphatic carbocycles. The molecule has 1 aromatic carbocycles. The smallest absolute Gasteiger partial charge is 0.545 e. The van der Waals surface area contributed by atoms with Crippen LogP contribution in [0.2, 0.25) is 0 Å². The standard InChI is InChI=1S/C27H37NO4.K/c1-9-15-28(16-10-2)23(29)21-22(24(30)31)26(6)17(3)20(27(21,7)25(26,4)5)18-11-13-19(32-8)14-12-18;/h11-14H,9-10,15-16H2,1-8H3,(H,30,31);/q;+1/p-1/t26-,27+;/m0./s1. The molecule has 0 unspecified atom stereocenters. The van der Waals surface area contributed by atoms with E-state index in [1.54, 1.807) is 7.11 Å². The summed E-state index contributed by atoms with van der Waals surface area (Å²) in [6, 6.07) is 7.82. The molecule has 174 valence electrons. The van der Waals surface area contributed by atoms with Crippen molar-refractivity contribution in [3.05, 3.63) is 46.5 Å². The van der Waals surface area contributed by atoms with E-state index >= 15 is 0 Å². The molecular formula is C27H36KNO4. The van der Waals surface area contributed by atoms with E-state index < -0.39 is 22.2 Å². The molecule has 0 aromatic heterocycles. The van der Waals surface area contributed by atoms with Crippen LogP contribution in [0, 0.1) is 16.2 Å². The van der Waals surface area contributed by atoms with Crippen LogP contribution in [-0.2, 0) is 9.59 Å². The number of carbonyl (C=O) groups is 2. The Morgan fingerprint density at radius 2 is 1.45 bits per heavy atom. The third-order valence-corrected chi connectivity index (χ3v) is 8.45. The van der Waals surface area contributed by atoms with Gasteiger partial charge in [0.15, 0.2) is 0 Å². The largest absolute Gasteiger partial charge is 1.00 e. The van der Waals surface area contributed by atoms with Crippen molar-refractivity contribution in [2.75, 3.05) is 20.2 Å². The second-order valence-electron chi connectivity index (χ2n) is 9.93. The molecule has 0 heterocycles. The van der Waals surface area contributed by atoms with Gasteiger partial charge in [-0.1, -0.05) is 59.2 Å². The van der Waals surface area contributed by atoms with Gasteiger partial charge in [-0.2, -0.15) is 0 Å². The van der Waals surface area contributed by atoms with Crippen LogP contribution in [0.3, 0.4) is 0 Å². The van der Waals surface area contributed by atoms with Crippen molar-refractivity contribution in [1.82, 2.24) is 4.90 Å². The maximum absolute atomic E-state index is 14.0. The second-order valence-corrected chi connectivity index (χ2v) is 9.93. The minimum atomic E-state index is -1.24. The van der Waals surface area contributed by atoms with Gasteiger partial charge in [0.2, 0.25) is 0 Å². The summed E-state index contributed by atoms with van der Waals surface area (Å²) in [4.78, 5) is 28.4. The van der Waals surface area contributed by atoms with Crippen LogP contribution in [0.15, 0.2) is 41.0 Å². The molecule has 33 heavy (non-hydrogen) atoms. The Hall–Kier alpha value is -0.924. The maximum atomic E-state index is 14.0. The number of allylic oxidation sites excluding steroid dienone is 2. The average Bonchev–Trinajstić information content (AvgIpc) is 2.96. The van der Waals surface area contributed by atoms with E-state index in [-0.39, 0.29) is 62.9 Å². The van der Waals surface area contributed by atoms with Gasteiger partial charge in [0.1, 0.15) is 5.75 Å². The molecule has 2 aliphatic rings. The monoisotopic (exact) mass is 477 g/mol. The summed E-state index contributed by atoms with van der Waals surface area (Å²) in [6.45, 7) is 15.4. The number of aliphatic carboxylic acids is 1. The van der Waals surface area contributed by atoms with E-state index in [0.29, 0.717) is 18.7 Å². The third-order valence-electron chi connectivity index (χ3n) is 8.45. The average molecular weight is 478 g/mol. The number of nitrogens with zero attached hydrogens (tertiary/aromatic N) is 1. The van der Waals surface area contributed by atoms with Gasteiger partial charge >= 0.3 is 51.4 Å². The van der Waals surface area contributed by atoms with E-state index in [1.165, 1.54) is 0 Å². The second kappa shape index (κ2) is 9.98. The van der Waals surface area contributed by atoms with Gasteiger partial charge < -0.3 is 19.5 Å². The van der Waals surface area contributed by atoms with Crippen LogP contribution in [0.5, 0.6) is 5.75 Å². The summed E-state index contributed by atoms with van der Waals surface area (Å²) < 4.78 is 5.33. The summed E-state index contributed by atoms with van der Waals surface area (Å²) in [6.07, 6.45) is 1.63. The number of benzene rings is 1. The van der Waals surface area contributed by atoms with Crippen LogP contribution in [-0.4, -0.2) is 37.0 Å². The number of fused-ring (bicyclic) bond motifs is 2. The van der Waals surface area contributed by atoms with Crippen LogP contribution in [0.25, 0.3) is 5.57 Å². The van der Waals surface area contributed by atoms with Gasteiger partial charge in [0.25, 0.3) is 5.91 Å². The zero-order chi connectivity index (χ0) is 24.1. The molecule has 1 amide bonds. The molecule has 0 spiro atoms. The molecule has 1 aromatic rings. The predicted molar refractivity (Wildman–Crippen MR) is 125 cm³/mol. The van der Waals surface area contributed by atoms with Gasteiger partial charge in [-0.05, 0) is 54.0 Å². The van der Waals surface area contributed by atoms with E-state index in [0.717, 1.165) is 35.3 Å². The van der Waals surface area contributed by atoms with Gasteiger partial charge in [-0.3, -0.25) is 4.79 Å². The van der Waals surface area contributed by atoms with E-state index in [1.807, 2.05) is 63.8 Å². The van der Waals surface area contributed by atoms with Gasteiger partial charge in [0, 0.05) is 29.5 Å². The molecule has 0 saturated carbocycles. The quantitative estimate of drug-likeness (QED) is 0.528. The van der Waals surface area contributed by atoms with E-state index in [2.05, 4.69) is 13.8 Å². The summed E-state index contributed by atoms with van der Waals surface area (Å²) >= 11 is 0. The molecule has 3 rings (SSSR count). The van der Waals surface area contributed by atoms with Crippen molar-refractivity contribution in [2.45, 2.75) is 61.3 Å². The molecular weight excluding hydrogens is 441 g/mol. The molecule has 2 bridgehead atoms. The molecule has 5 nitrogen and oxygen atoms in total. The van der Waals surface area contributed by atoms with Gasteiger partial charge in [-0.25, -0.2) is 0 Å². The number of hydrogen-bond donors (Lipinski definition) is 0. The molecule has 0 saturated heterocycles. The first kappa shape index (κ1) is 28.3. The molecule has 0 N–H and O–H groups in total. The van der Waals surface area contributed by atoms with E-state index in [4.69, 9.17) is 4.74 Å². The summed E-state index contributed by atoms with van der Waals surface area (Å²) in [5.74, 6) is -0.662. The fraction of sp³-hybridized carbons (Fsp3) is 0.556. The Balaban J connectivity index is 0.00000385. The maximum Gasteiger partial charge on any atom is 1.00 e. The number of hydrogen-bond acceptors (Lipinski definition) is 4. The zero-order valence-electron chi connectivity index (χ0n) is 21.7. The molecule has 0 aliphatic heterocycles. The minimum Gasteiger partial charge on any atom is -0.545 e. The number of methoxy groups -OCH3 is 1. The third kappa shape index (κ3) is 3.81. The van der Waals surface area contributed by atoms with Crippen LogP contribution in [0.1, 0.15) is 66.9 Å². The number of carboxylic acid groups (broad SMARTS) is 1. The van der Waals surface area contributed by atoms with Crippen LogP contribution in [0.4, 0.5) is 0 Å². The first-order chi connectivity index (χ1) is 14.9. The first-order valence-corrected chi connectivity index (χ1v) is 11.6. The predicted octanol–water partition coefficient (Wildman–Crippen LogP) is 1.23. The number of rotatable bonds is 8. The minimum absolute atomic E-state index is 0. The fourth-order valence-electron chi connectivity index (χ4n) is 6.25. The number of carbonyl (C=O) groups excluding carboxylic acids is 2. The Kier molecular flexibility index (Phi) is 8.56. The summed E-state index contributed by atoms with van der Waals surface area (Å²) in [5, 5.41) is 12.6. The summed E-state index contributed by atoms with van der Waals surface area (Å²) in [5.41, 5.74) is 1.45. The van der Waals surface area contributed by atoms with Crippen molar-refractivity contribution >= 4 is 17.4 Å². The van der Waals surface area contributed by atoms with Crippen LogP contribution >= 0.6 is 0 Å². The first-order valence-electron chi connectivity index (χ1n) is 11.6. The number of carboxylic acids is 1. The molecule has 2 atom stereocenters. The Morgan fingerprint density at radius 3 is 1.88 bits per heavy atom. The van der Waals surface area contributed by atoms with Gasteiger partial charge in [0.05, 0.1) is 13.1 Å². The van der Waals surface area contributed by atoms with Crippen molar-refractivity contribution in [2.24, 2.45) is 16.2 Å². The topological polar surface area (TPSA) is 69.7 Å². The number of ether oxygens (including phenoxy) is 1. The Labute approximate surface area is 241 Å². The SMILES string of the molecule is CCCN(CCC)C(=O)C1=C(C(=O)[O-])[C@]2(C)C(C)=C(c3ccc(OC)cc3)[C@@]1(C)C2(C)C.[K+]. The van der Waals surface area contributed by atoms with E-state index in [9.17, 15) is 14.7 Å². The number of amides is 1. The van der Waals surface area contributed by atoms with Crippen LogP contribution < -0.4 is 61.2 Å².